The van der Waals surface area contributed by atoms with Crippen molar-refractivity contribution in [2.24, 2.45) is 0 Å². The van der Waals surface area contributed by atoms with Gasteiger partial charge in [-0.1, -0.05) is 0 Å². The van der Waals surface area contributed by atoms with Crippen LogP contribution in [-0.2, 0) is 6.54 Å². The molecule has 1 N–H and O–H groups in total. The summed E-state index contributed by atoms with van der Waals surface area (Å²) in [6.07, 6.45) is 7.31. The topological polar surface area (TPSA) is 19.7 Å². The molecular formula is C6H12ClN2+. The van der Waals surface area contributed by atoms with Gasteiger partial charge in [0.15, 0.2) is 0 Å². The highest BCUT2D eigenvalue weighted by atomic mass is 35.5. The fraction of sp³-hybridized carbons (Fsp3) is 0.500. The van der Waals surface area contributed by atoms with E-state index in [-0.39, 0.29) is 0 Å². The highest BCUT2D eigenvalue weighted by Gasteiger charge is 1.85. The number of aryl methyl sites for hydroxylation is 1. The molecule has 0 atom stereocenters. The summed E-state index contributed by atoms with van der Waals surface area (Å²) < 4.78 is 2.07. The lowest BCUT2D eigenvalue weighted by Gasteiger charge is -1.79. The van der Waals surface area contributed by atoms with Crippen LogP contribution in [0.15, 0.2) is 18.7 Å². The molecule has 0 aromatic carbocycles. The largest absolute Gasteiger partial charge is 0.250 e. The number of H-pyrrole nitrogens is 1. The minimum absolute atomic E-state index is 1.05. The average Bonchev–Trinajstić information content (AvgIpc) is 2.43. The quantitative estimate of drug-likeness (QED) is 0.455. The van der Waals surface area contributed by atoms with Crippen LogP contribution in [0.4, 0.5) is 0 Å². The van der Waals surface area contributed by atoms with E-state index in [0.29, 0.717) is 0 Å². The highest BCUT2D eigenvalue weighted by molar-refractivity contribution is 6.15. The third-order valence-corrected chi connectivity index (χ3v) is 0.968. The molecule has 0 aliphatic carbocycles. The van der Waals surface area contributed by atoms with Gasteiger partial charge in [-0.25, -0.2) is 4.57 Å². The Kier molecular flexibility index (Phi) is 5.32. The van der Waals surface area contributed by atoms with Gasteiger partial charge in [0, 0.05) is 6.38 Å². The molecule has 0 amide bonds. The van der Waals surface area contributed by atoms with Crippen molar-refractivity contribution in [3.05, 3.63) is 18.7 Å². The van der Waals surface area contributed by atoms with Crippen LogP contribution in [0.1, 0.15) is 6.92 Å². The molecule has 1 aromatic heterocycles. The molecule has 0 unspecified atom stereocenters. The number of aromatic amines is 1. The lowest BCUT2D eigenvalue weighted by atomic mass is 10.7. The molecule has 52 valence electrons. The number of imidazole rings is 1. The zero-order valence-electron chi connectivity index (χ0n) is 5.76. The molecule has 3 heteroatoms. The number of hydrogen-bond acceptors (Lipinski definition) is 0. The first-order valence-corrected chi connectivity index (χ1v) is 3.58. The molecular weight excluding hydrogens is 136 g/mol. The van der Waals surface area contributed by atoms with E-state index in [2.05, 4.69) is 28.1 Å². The first-order valence-electron chi connectivity index (χ1n) is 2.83. The minimum Gasteiger partial charge on any atom is -0.250 e. The van der Waals surface area contributed by atoms with Gasteiger partial charge in [0.25, 0.3) is 0 Å². The third kappa shape index (κ3) is 3.14. The second-order valence-corrected chi connectivity index (χ2v) is 1.44. The molecule has 0 saturated heterocycles. The maximum Gasteiger partial charge on any atom is 0.241 e. The van der Waals surface area contributed by atoms with Crippen molar-refractivity contribution in [1.29, 1.82) is 0 Å². The molecule has 0 saturated carbocycles. The average molecular weight is 148 g/mol. The van der Waals surface area contributed by atoms with E-state index >= 15 is 0 Å². The Morgan fingerprint density at radius 2 is 2.22 bits per heavy atom. The van der Waals surface area contributed by atoms with Crippen LogP contribution in [0.2, 0.25) is 0 Å². The summed E-state index contributed by atoms with van der Waals surface area (Å²) in [5.74, 6) is 0. The molecule has 1 heterocycles. The van der Waals surface area contributed by atoms with Gasteiger partial charge in [-0.2, -0.15) is 0 Å². The Labute approximate surface area is 60.5 Å². The lowest BCUT2D eigenvalue weighted by molar-refractivity contribution is -0.692. The van der Waals surface area contributed by atoms with E-state index in [9.17, 15) is 0 Å². The summed E-state index contributed by atoms with van der Waals surface area (Å²) in [6.45, 7) is 3.15. The van der Waals surface area contributed by atoms with Crippen molar-refractivity contribution in [1.82, 2.24) is 4.98 Å². The Balaban J connectivity index is 0.000000291. The molecule has 2 nitrogen and oxygen atoms in total. The van der Waals surface area contributed by atoms with Gasteiger partial charge in [0.05, 0.1) is 6.54 Å². The SMILES string of the molecule is CC[n+]1cc[nH]c1.CCl. The first kappa shape index (κ1) is 8.50. The van der Waals surface area contributed by atoms with Crippen LogP contribution in [0.5, 0.6) is 0 Å². The van der Waals surface area contributed by atoms with Crippen LogP contribution < -0.4 is 4.57 Å². The highest BCUT2D eigenvalue weighted by Crippen LogP contribution is 1.65. The van der Waals surface area contributed by atoms with Crippen LogP contribution in [0.25, 0.3) is 0 Å². The number of hydrogen-bond donors (Lipinski definition) is 1. The summed E-state index contributed by atoms with van der Waals surface area (Å²) in [6, 6.07) is 0. The summed E-state index contributed by atoms with van der Waals surface area (Å²) in [4.78, 5) is 2.94. The predicted molar refractivity (Wildman–Crippen MR) is 38.4 cm³/mol. The molecule has 1 aromatic rings. The molecule has 9 heavy (non-hydrogen) atoms. The molecule has 0 fully saturated rings. The number of halogens is 1. The van der Waals surface area contributed by atoms with Gasteiger partial charge in [-0.05, 0) is 6.92 Å². The van der Waals surface area contributed by atoms with Crippen LogP contribution in [0.3, 0.4) is 0 Å². The fourth-order valence-electron chi connectivity index (χ4n) is 0.517. The number of rotatable bonds is 1. The summed E-state index contributed by atoms with van der Waals surface area (Å²) >= 11 is 4.64. The zero-order valence-corrected chi connectivity index (χ0v) is 6.52. The second kappa shape index (κ2) is 5.63. The maximum absolute atomic E-state index is 4.64. The van der Waals surface area contributed by atoms with Crippen molar-refractivity contribution in [3.63, 3.8) is 0 Å². The maximum atomic E-state index is 4.64. The van der Waals surface area contributed by atoms with Gasteiger partial charge in [-0.3, -0.25) is 4.98 Å². The predicted octanol–water partition coefficient (Wildman–Crippen LogP) is 1.18. The second-order valence-electron chi connectivity index (χ2n) is 1.44. The Morgan fingerprint density at radius 1 is 1.56 bits per heavy atom. The molecule has 1 rings (SSSR count). The smallest absolute Gasteiger partial charge is 0.241 e. The summed E-state index contributed by atoms with van der Waals surface area (Å²) in [7, 11) is 0. The van der Waals surface area contributed by atoms with Gasteiger partial charge >= 0.3 is 0 Å². The summed E-state index contributed by atoms with van der Waals surface area (Å²) in [5.41, 5.74) is 0. The molecule has 0 aliphatic heterocycles. The molecule has 0 aliphatic rings. The minimum atomic E-state index is 1.05. The summed E-state index contributed by atoms with van der Waals surface area (Å²) in [5, 5.41) is 0. The van der Waals surface area contributed by atoms with E-state index < -0.39 is 0 Å². The Hall–Kier alpha value is -0.500. The van der Waals surface area contributed by atoms with E-state index in [1.807, 2.05) is 18.7 Å². The van der Waals surface area contributed by atoms with E-state index in [0.717, 1.165) is 6.54 Å². The Morgan fingerprint density at radius 3 is 2.44 bits per heavy atom. The van der Waals surface area contributed by atoms with Crippen LogP contribution >= 0.6 is 11.6 Å². The number of nitrogens with one attached hydrogen (secondary N) is 1. The van der Waals surface area contributed by atoms with Crippen molar-refractivity contribution in [2.75, 3.05) is 6.38 Å². The number of nitrogens with zero attached hydrogens (tertiary/aromatic N) is 1. The first-order chi connectivity index (χ1) is 4.43. The van der Waals surface area contributed by atoms with Crippen molar-refractivity contribution >= 4 is 11.6 Å². The van der Waals surface area contributed by atoms with E-state index in [4.69, 9.17) is 0 Å². The fourth-order valence-corrected chi connectivity index (χ4v) is 0.517. The molecule has 0 bridgehead atoms. The molecule has 0 spiro atoms. The van der Waals surface area contributed by atoms with E-state index in [1.54, 1.807) is 0 Å². The zero-order chi connectivity index (χ0) is 7.11. The van der Waals surface area contributed by atoms with Gasteiger partial charge < -0.3 is 0 Å². The monoisotopic (exact) mass is 147 g/mol. The number of alkyl halides is 1. The van der Waals surface area contributed by atoms with Crippen molar-refractivity contribution in [2.45, 2.75) is 13.5 Å². The normalized spacial score (nSPS) is 7.89. The Bertz CT molecular complexity index is 126. The molecule has 0 radical (unpaired) electrons. The van der Waals surface area contributed by atoms with E-state index in [1.165, 1.54) is 6.38 Å². The van der Waals surface area contributed by atoms with Gasteiger partial charge in [-0.15, -0.1) is 11.6 Å². The van der Waals surface area contributed by atoms with Crippen molar-refractivity contribution in [3.8, 4) is 0 Å². The third-order valence-electron chi connectivity index (χ3n) is 0.968. The standard InChI is InChI=1S/C5H8N2.CH3Cl/c1-2-7-4-3-6-5-7;1-2/h3-5H,2H2,1H3;1H3/p+1. The lowest BCUT2D eigenvalue weighted by Crippen LogP contribution is -2.27. The van der Waals surface area contributed by atoms with Crippen LogP contribution in [-0.4, -0.2) is 11.4 Å². The van der Waals surface area contributed by atoms with Gasteiger partial charge in [0.1, 0.15) is 12.4 Å². The van der Waals surface area contributed by atoms with Gasteiger partial charge in [0.2, 0.25) is 6.33 Å². The van der Waals surface area contributed by atoms with Crippen LogP contribution in [0, 0.1) is 0 Å². The number of aromatic nitrogens is 2. The van der Waals surface area contributed by atoms with Crippen molar-refractivity contribution < 1.29 is 4.57 Å².